The number of halogens is 2. The smallest absolute Gasteiger partial charge is 0.137 e. The Kier molecular flexibility index (Phi) is 6.66. The fourth-order valence-corrected chi connectivity index (χ4v) is 2.53. The SMILES string of the molecule is CC(C)CC(CN)CC(=O)Cc1ccc(Br)cc1F. The van der Waals surface area contributed by atoms with E-state index < -0.39 is 0 Å². The Morgan fingerprint density at radius 3 is 2.63 bits per heavy atom. The zero-order chi connectivity index (χ0) is 14.4. The summed E-state index contributed by atoms with van der Waals surface area (Å²) in [5.41, 5.74) is 6.13. The number of rotatable bonds is 7. The Morgan fingerprint density at radius 1 is 1.42 bits per heavy atom. The molecule has 0 aliphatic carbocycles. The van der Waals surface area contributed by atoms with E-state index in [2.05, 4.69) is 29.8 Å². The van der Waals surface area contributed by atoms with E-state index in [9.17, 15) is 9.18 Å². The fraction of sp³-hybridized carbons (Fsp3) is 0.533. The molecule has 0 heterocycles. The molecule has 0 saturated carbocycles. The highest BCUT2D eigenvalue weighted by atomic mass is 79.9. The van der Waals surface area contributed by atoms with Gasteiger partial charge < -0.3 is 5.73 Å². The molecule has 0 bridgehead atoms. The average Bonchev–Trinajstić information content (AvgIpc) is 2.31. The van der Waals surface area contributed by atoms with Gasteiger partial charge in [0, 0.05) is 17.3 Å². The molecule has 0 saturated heterocycles. The minimum Gasteiger partial charge on any atom is -0.330 e. The average molecular weight is 330 g/mol. The van der Waals surface area contributed by atoms with Crippen LogP contribution in [0.5, 0.6) is 0 Å². The minimum atomic E-state index is -0.337. The van der Waals surface area contributed by atoms with Crippen LogP contribution in [0.1, 0.15) is 32.3 Å². The highest BCUT2D eigenvalue weighted by Gasteiger charge is 2.15. The summed E-state index contributed by atoms with van der Waals surface area (Å²) in [6.07, 6.45) is 1.52. The Labute approximate surface area is 122 Å². The van der Waals surface area contributed by atoms with Crippen LogP contribution < -0.4 is 5.73 Å². The molecule has 0 radical (unpaired) electrons. The Balaban J connectivity index is 2.59. The summed E-state index contributed by atoms with van der Waals surface area (Å²) in [5.74, 6) is 0.435. The van der Waals surface area contributed by atoms with Gasteiger partial charge in [-0.3, -0.25) is 4.79 Å². The number of Topliss-reactive ketones (excluding diaryl/α,β-unsaturated/α-hetero) is 1. The number of ketones is 1. The first-order valence-electron chi connectivity index (χ1n) is 6.58. The Hall–Kier alpha value is -0.740. The maximum Gasteiger partial charge on any atom is 0.137 e. The molecule has 2 nitrogen and oxygen atoms in total. The maximum atomic E-state index is 13.6. The molecule has 19 heavy (non-hydrogen) atoms. The second-order valence-corrected chi connectivity index (χ2v) is 6.30. The molecule has 0 aliphatic rings. The van der Waals surface area contributed by atoms with E-state index in [4.69, 9.17) is 5.73 Å². The van der Waals surface area contributed by atoms with Crippen LogP contribution >= 0.6 is 15.9 Å². The summed E-state index contributed by atoms with van der Waals surface area (Å²) in [7, 11) is 0. The predicted octanol–water partition coefficient (Wildman–Crippen LogP) is 3.71. The maximum absolute atomic E-state index is 13.6. The van der Waals surface area contributed by atoms with Crippen LogP contribution in [-0.2, 0) is 11.2 Å². The predicted molar refractivity (Wildman–Crippen MR) is 79.4 cm³/mol. The second-order valence-electron chi connectivity index (χ2n) is 5.39. The zero-order valence-electron chi connectivity index (χ0n) is 11.5. The summed E-state index contributed by atoms with van der Waals surface area (Å²) < 4.78 is 14.3. The third-order valence-electron chi connectivity index (χ3n) is 3.06. The molecule has 0 aromatic heterocycles. The number of benzene rings is 1. The van der Waals surface area contributed by atoms with Gasteiger partial charge in [-0.05, 0) is 42.5 Å². The molecule has 1 unspecified atom stereocenters. The third-order valence-corrected chi connectivity index (χ3v) is 3.55. The van der Waals surface area contributed by atoms with Gasteiger partial charge >= 0.3 is 0 Å². The van der Waals surface area contributed by atoms with Crippen molar-refractivity contribution in [3.05, 3.63) is 34.1 Å². The number of carbonyl (C=O) groups is 1. The van der Waals surface area contributed by atoms with E-state index in [0.29, 0.717) is 28.9 Å². The van der Waals surface area contributed by atoms with Gasteiger partial charge in [-0.25, -0.2) is 4.39 Å². The molecule has 1 rings (SSSR count). The summed E-state index contributed by atoms with van der Waals surface area (Å²) in [5, 5.41) is 0. The van der Waals surface area contributed by atoms with Crippen LogP contribution in [0.2, 0.25) is 0 Å². The van der Waals surface area contributed by atoms with Gasteiger partial charge in [0.05, 0.1) is 0 Å². The molecule has 2 N–H and O–H groups in total. The van der Waals surface area contributed by atoms with E-state index in [1.165, 1.54) is 6.07 Å². The molecular formula is C15H21BrFNO. The van der Waals surface area contributed by atoms with Crippen LogP contribution in [-0.4, -0.2) is 12.3 Å². The minimum absolute atomic E-state index is 0.0531. The van der Waals surface area contributed by atoms with Crippen molar-refractivity contribution in [2.75, 3.05) is 6.54 Å². The van der Waals surface area contributed by atoms with Crippen molar-refractivity contribution < 1.29 is 9.18 Å². The molecular weight excluding hydrogens is 309 g/mol. The van der Waals surface area contributed by atoms with E-state index >= 15 is 0 Å². The molecule has 4 heteroatoms. The van der Waals surface area contributed by atoms with Crippen molar-refractivity contribution in [2.45, 2.75) is 33.1 Å². The van der Waals surface area contributed by atoms with E-state index in [0.717, 1.165) is 6.42 Å². The first kappa shape index (κ1) is 16.3. The molecule has 1 aromatic carbocycles. The molecule has 0 aliphatic heterocycles. The van der Waals surface area contributed by atoms with E-state index in [1.54, 1.807) is 12.1 Å². The van der Waals surface area contributed by atoms with Crippen molar-refractivity contribution in [3.8, 4) is 0 Å². The lowest BCUT2D eigenvalue weighted by molar-refractivity contribution is -0.119. The molecule has 1 atom stereocenters. The van der Waals surface area contributed by atoms with Crippen LogP contribution in [0.25, 0.3) is 0 Å². The summed E-state index contributed by atoms with van der Waals surface area (Å²) in [6.45, 7) is 4.73. The topological polar surface area (TPSA) is 43.1 Å². The third kappa shape index (κ3) is 5.83. The van der Waals surface area contributed by atoms with Gasteiger partial charge in [0.2, 0.25) is 0 Å². The van der Waals surface area contributed by atoms with Gasteiger partial charge in [-0.2, -0.15) is 0 Å². The number of hydrogen-bond acceptors (Lipinski definition) is 2. The Bertz CT molecular complexity index is 434. The van der Waals surface area contributed by atoms with Crippen LogP contribution in [0.4, 0.5) is 4.39 Å². The van der Waals surface area contributed by atoms with E-state index in [-0.39, 0.29) is 23.9 Å². The second kappa shape index (κ2) is 7.75. The zero-order valence-corrected chi connectivity index (χ0v) is 13.0. The first-order valence-corrected chi connectivity index (χ1v) is 7.37. The highest BCUT2D eigenvalue weighted by Crippen LogP contribution is 2.19. The Morgan fingerprint density at radius 2 is 2.11 bits per heavy atom. The van der Waals surface area contributed by atoms with Crippen molar-refractivity contribution in [3.63, 3.8) is 0 Å². The van der Waals surface area contributed by atoms with Crippen molar-refractivity contribution >= 4 is 21.7 Å². The molecule has 0 fully saturated rings. The van der Waals surface area contributed by atoms with Crippen molar-refractivity contribution in [1.29, 1.82) is 0 Å². The van der Waals surface area contributed by atoms with Crippen molar-refractivity contribution in [2.24, 2.45) is 17.6 Å². The molecule has 0 spiro atoms. The number of nitrogens with two attached hydrogens (primary N) is 1. The van der Waals surface area contributed by atoms with Crippen LogP contribution in [0.15, 0.2) is 22.7 Å². The monoisotopic (exact) mass is 329 g/mol. The van der Waals surface area contributed by atoms with E-state index in [1.807, 2.05) is 0 Å². The quantitative estimate of drug-likeness (QED) is 0.828. The molecule has 1 aromatic rings. The van der Waals surface area contributed by atoms with Crippen LogP contribution in [0, 0.1) is 17.7 Å². The largest absolute Gasteiger partial charge is 0.330 e. The lowest BCUT2D eigenvalue weighted by Gasteiger charge is -2.16. The van der Waals surface area contributed by atoms with Crippen molar-refractivity contribution in [1.82, 2.24) is 0 Å². The molecule has 0 amide bonds. The fourth-order valence-electron chi connectivity index (χ4n) is 2.20. The van der Waals surface area contributed by atoms with Gasteiger partial charge in [-0.1, -0.05) is 35.8 Å². The lowest BCUT2D eigenvalue weighted by Crippen LogP contribution is -2.21. The normalized spacial score (nSPS) is 12.7. The lowest BCUT2D eigenvalue weighted by atomic mass is 9.91. The number of carbonyl (C=O) groups excluding carboxylic acids is 1. The standard InChI is InChI=1S/C15H21BrFNO/c1-10(2)5-11(9-18)6-14(19)7-12-3-4-13(16)8-15(12)17/h3-4,8,10-11H,5-7,9,18H2,1-2H3. The van der Waals surface area contributed by atoms with Crippen LogP contribution in [0.3, 0.4) is 0 Å². The van der Waals surface area contributed by atoms with Gasteiger partial charge in [0.25, 0.3) is 0 Å². The van der Waals surface area contributed by atoms with Gasteiger partial charge in [0.15, 0.2) is 0 Å². The van der Waals surface area contributed by atoms with Gasteiger partial charge in [-0.15, -0.1) is 0 Å². The summed E-state index contributed by atoms with van der Waals surface area (Å²) in [4.78, 5) is 12.0. The highest BCUT2D eigenvalue weighted by molar-refractivity contribution is 9.10. The molecule has 106 valence electrons. The first-order chi connectivity index (χ1) is 8.92. The van der Waals surface area contributed by atoms with Gasteiger partial charge in [0.1, 0.15) is 11.6 Å². The summed E-state index contributed by atoms with van der Waals surface area (Å²) >= 11 is 3.20. The summed E-state index contributed by atoms with van der Waals surface area (Å²) in [6, 6.07) is 4.79. The number of hydrogen-bond donors (Lipinski definition) is 1.